The van der Waals surface area contributed by atoms with Crippen LogP contribution in [-0.4, -0.2) is 66.8 Å². The van der Waals surface area contributed by atoms with Crippen LogP contribution in [0.25, 0.3) is 11.2 Å². The van der Waals surface area contributed by atoms with Crippen LogP contribution in [0, 0.1) is 0 Å². The van der Waals surface area contributed by atoms with Gasteiger partial charge in [-0.25, -0.2) is 9.97 Å². The first-order chi connectivity index (χ1) is 13.6. The summed E-state index contributed by atoms with van der Waals surface area (Å²) in [6.45, 7) is -0.393. The molecule has 0 spiro atoms. The summed E-state index contributed by atoms with van der Waals surface area (Å²) in [6.07, 6.45) is -2.65. The molecule has 3 aromatic rings. The Hall–Kier alpha value is -2.24. The summed E-state index contributed by atoms with van der Waals surface area (Å²) in [5, 5.41) is 33.3. The smallest absolute Gasteiger partial charge is 0.225 e. The maximum atomic E-state index is 10.3. The number of nitrogens with zero attached hydrogens (tertiary/aromatic N) is 4. The Morgan fingerprint density at radius 1 is 1.18 bits per heavy atom. The highest BCUT2D eigenvalue weighted by Crippen LogP contribution is 2.34. The average Bonchev–Trinajstić information content (AvgIpc) is 3.28. The highest BCUT2D eigenvalue weighted by molar-refractivity contribution is 7.98. The van der Waals surface area contributed by atoms with Gasteiger partial charge in [-0.05, 0) is 5.56 Å². The lowest BCUT2D eigenvalue weighted by Gasteiger charge is -2.16. The molecule has 1 aliphatic rings. The number of fused-ring (bicyclic) bond motifs is 1. The number of ether oxygens (including phenoxy) is 1. The number of nitrogens with one attached hydrogen (secondary N) is 1. The fourth-order valence-electron chi connectivity index (χ4n) is 3.13. The molecular weight excluding hydrogens is 382 g/mol. The first-order valence-corrected chi connectivity index (χ1v) is 9.82. The van der Waals surface area contributed by atoms with Crippen LogP contribution in [0.1, 0.15) is 11.8 Å². The standard InChI is InChI=1S/C18H21N5O4S/c1-19-18-21-15-12(16(22-18)28-8-10-5-3-2-4-6-10)20-9-23(15)17-14(26)13(25)11(7-24)27-17/h2-6,9,11,13-14,17,24-26H,7-8H2,1H3,(H,19,21,22)/t11-,13-,14-,17-/m1/s1. The molecule has 0 bridgehead atoms. The zero-order chi connectivity index (χ0) is 19.7. The molecule has 0 aliphatic carbocycles. The Kier molecular flexibility index (Phi) is 5.47. The van der Waals surface area contributed by atoms with Gasteiger partial charge in [0.15, 0.2) is 11.9 Å². The number of benzene rings is 1. The van der Waals surface area contributed by atoms with E-state index in [2.05, 4.69) is 20.3 Å². The van der Waals surface area contributed by atoms with Crippen molar-refractivity contribution in [2.75, 3.05) is 19.0 Å². The van der Waals surface area contributed by atoms with E-state index in [1.807, 2.05) is 30.3 Å². The molecule has 0 unspecified atom stereocenters. The highest BCUT2D eigenvalue weighted by atomic mass is 32.2. The number of imidazole rings is 1. The predicted octanol–water partition coefficient (Wildman–Crippen LogP) is 0.772. The summed E-state index contributed by atoms with van der Waals surface area (Å²) in [4.78, 5) is 13.4. The molecule has 10 heteroatoms. The maximum Gasteiger partial charge on any atom is 0.225 e. The molecular formula is C18H21N5O4S. The van der Waals surface area contributed by atoms with Crippen LogP contribution in [0.3, 0.4) is 0 Å². The molecule has 4 N–H and O–H groups in total. The number of thioether (sulfide) groups is 1. The van der Waals surface area contributed by atoms with Crippen LogP contribution in [0.15, 0.2) is 41.7 Å². The van der Waals surface area contributed by atoms with Gasteiger partial charge in [0.05, 0.1) is 12.9 Å². The molecule has 148 valence electrons. The van der Waals surface area contributed by atoms with Crippen molar-refractivity contribution in [2.24, 2.45) is 0 Å². The van der Waals surface area contributed by atoms with Gasteiger partial charge in [0, 0.05) is 12.8 Å². The van der Waals surface area contributed by atoms with Crippen molar-refractivity contribution in [2.45, 2.75) is 35.3 Å². The van der Waals surface area contributed by atoms with Gasteiger partial charge in [0.2, 0.25) is 5.95 Å². The Labute approximate surface area is 165 Å². The van der Waals surface area contributed by atoms with E-state index in [-0.39, 0.29) is 0 Å². The number of aliphatic hydroxyl groups is 3. The number of rotatable bonds is 6. The molecule has 4 rings (SSSR count). The Balaban J connectivity index is 1.69. The van der Waals surface area contributed by atoms with E-state index in [1.165, 1.54) is 18.1 Å². The molecule has 1 aromatic carbocycles. The third-order valence-electron chi connectivity index (χ3n) is 4.62. The second-order valence-corrected chi connectivity index (χ2v) is 7.39. The Morgan fingerprint density at radius 2 is 1.96 bits per heavy atom. The van der Waals surface area contributed by atoms with Crippen LogP contribution >= 0.6 is 11.8 Å². The summed E-state index contributed by atoms with van der Waals surface area (Å²) in [5.41, 5.74) is 2.22. The molecule has 1 aliphatic heterocycles. The van der Waals surface area contributed by atoms with Gasteiger partial charge in [-0.2, -0.15) is 4.98 Å². The van der Waals surface area contributed by atoms with Crippen LogP contribution in [-0.2, 0) is 10.5 Å². The van der Waals surface area contributed by atoms with E-state index in [4.69, 9.17) is 4.74 Å². The van der Waals surface area contributed by atoms with E-state index in [0.717, 1.165) is 11.3 Å². The average molecular weight is 403 g/mol. The summed E-state index contributed by atoms with van der Waals surface area (Å²) in [5.74, 6) is 1.13. The number of hydrogen-bond donors (Lipinski definition) is 4. The second-order valence-electron chi connectivity index (χ2n) is 6.43. The molecule has 2 aromatic heterocycles. The normalized spacial score (nSPS) is 24.7. The number of aromatic nitrogens is 4. The van der Waals surface area contributed by atoms with Gasteiger partial charge in [-0.15, -0.1) is 0 Å². The van der Waals surface area contributed by atoms with Gasteiger partial charge in [0.25, 0.3) is 0 Å². The SMILES string of the molecule is CNc1nc(SCc2ccccc2)c2ncn([C@@H]3O[C@H](CO)[C@@H](O)[C@H]3O)c2n1. The fourth-order valence-corrected chi connectivity index (χ4v) is 4.05. The number of anilines is 1. The third-order valence-corrected chi connectivity index (χ3v) is 5.66. The molecule has 1 saturated heterocycles. The molecule has 4 atom stereocenters. The van der Waals surface area contributed by atoms with Gasteiger partial charge in [-0.1, -0.05) is 42.1 Å². The zero-order valence-corrected chi connectivity index (χ0v) is 16.0. The van der Waals surface area contributed by atoms with Crippen LogP contribution < -0.4 is 5.32 Å². The first-order valence-electron chi connectivity index (χ1n) is 8.84. The monoisotopic (exact) mass is 403 g/mol. The zero-order valence-electron chi connectivity index (χ0n) is 15.1. The fraction of sp³-hybridized carbons (Fsp3) is 0.389. The van der Waals surface area contributed by atoms with E-state index in [0.29, 0.717) is 22.1 Å². The van der Waals surface area contributed by atoms with Crippen molar-refractivity contribution < 1.29 is 20.1 Å². The van der Waals surface area contributed by atoms with Gasteiger partial charge in [-0.3, -0.25) is 4.57 Å². The van der Waals surface area contributed by atoms with Crippen molar-refractivity contribution in [1.82, 2.24) is 19.5 Å². The minimum absolute atomic E-state index is 0.393. The van der Waals surface area contributed by atoms with E-state index in [1.54, 1.807) is 11.6 Å². The van der Waals surface area contributed by atoms with Crippen LogP contribution in [0.2, 0.25) is 0 Å². The lowest BCUT2D eigenvalue weighted by Crippen LogP contribution is -2.33. The predicted molar refractivity (Wildman–Crippen MR) is 104 cm³/mol. The summed E-state index contributed by atoms with van der Waals surface area (Å²) in [7, 11) is 1.72. The summed E-state index contributed by atoms with van der Waals surface area (Å²) >= 11 is 1.54. The molecule has 9 nitrogen and oxygen atoms in total. The molecule has 0 saturated carbocycles. The molecule has 3 heterocycles. The first kappa shape index (κ1) is 19.1. The molecule has 28 heavy (non-hydrogen) atoms. The largest absolute Gasteiger partial charge is 0.394 e. The van der Waals surface area contributed by atoms with Crippen molar-refractivity contribution in [3.05, 3.63) is 42.2 Å². The Bertz CT molecular complexity index is 954. The van der Waals surface area contributed by atoms with Crippen molar-refractivity contribution >= 4 is 28.9 Å². The quantitative estimate of drug-likeness (QED) is 0.349. The Morgan fingerprint density at radius 3 is 2.64 bits per heavy atom. The van der Waals surface area contributed by atoms with Gasteiger partial charge in [0.1, 0.15) is 28.9 Å². The van der Waals surface area contributed by atoms with Crippen LogP contribution in [0.4, 0.5) is 5.95 Å². The molecule has 0 amide bonds. The highest BCUT2D eigenvalue weighted by Gasteiger charge is 2.44. The summed E-state index contributed by atoms with van der Waals surface area (Å²) in [6, 6.07) is 10.0. The molecule has 1 fully saturated rings. The number of hydrogen-bond acceptors (Lipinski definition) is 9. The van der Waals surface area contributed by atoms with E-state index in [9.17, 15) is 15.3 Å². The lowest BCUT2D eigenvalue weighted by molar-refractivity contribution is -0.0511. The van der Waals surface area contributed by atoms with E-state index >= 15 is 0 Å². The minimum atomic E-state index is -1.21. The topological polar surface area (TPSA) is 126 Å². The molecule has 0 radical (unpaired) electrons. The summed E-state index contributed by atoms with van der Waals surface area (Å²) < 4.78 is 7.18. The van der Waals surface area contributed by atoms with E-state index < -0.39 is 31.1 Å². The van der Waals surface area contributed by atoms with Crippen LogP contribution in [0.5, 0.6) is 0 Å². The minimum Gasteiger partial charge on any atom is -0.394 e. The second kappa shape index (κ2) is 8.02. The van der Waals surface area contributed by atoms with Gasteiger partial charge >= 0.3 is 0 Å². The number of aliphatic hydroxyl groups excluding tert-OH is 3. The third kappa shape index (κ3) is 3.45. The van der Waals surface area contributed by atoms with Crippen molar-refractivity contribution in [3.63, 3.8) is 0 Å². The van der Waals surface area contributed by atoms with Crippen molar-refractivity contribution in [1.29, 1.82) is 0 Å². The van der Waals surface area contributed by atoms with Gasteiger partial charge < -0.3 is 25.4 Å². The maximum absolute atomic E-state index is 10.3. The lowest BCUT2D eigenvalue weighted by atomic mass is 10.1. The van der Waals surface area contributed by atoms with Crippen molar-refractivity contribution in [3.8, 4) is 0 Å².